The predicted octanol–water partition coefficient (Wildman–Crippen LogP) is 2.51. The molecule has 2 saturated heterocycles. The van der Waals surface area contributed by atoms with Crippen LogP contribution in [0.1, 0.15) is 47.3 Å². The average molecular weight is 336 g/mol. The van der Waals surface area contributed by atoms with Crippen molar-refractivity contribution in [3.8, 4) is 0 Å². The van der Waals surface area contributed by atoms with Crippen LogP contribution in [0.2, 0.25) is 0 Å². The molecule has 0 radical (unpaired) electrons. The van der Waals surface area contributed by atoms with Gasteiger partial charge in [0.1, 0.15) is 0 Å². The number of hydrogen-bond donors (Lipinski definition) is 0. The lowest BCUT2D eigenvalue weighted by Gasteiger charge is -2.40. The lowest BCUT2D eigenvalue weighted by molar-refractivity contribution is -0.136. The standard InChI is InChI=1S/C17H24N2O3S/c1-22-12-13-7-11-23-16(13)17(21)18-9-5-14(6-10-18)19-8-3-2-4-15(19)20/h7,11,14H,2-6,8-10,12H2,1H3. The van der Waals surface area contributed by atoms with Crippen molar-refractivity contribution in [2.45, 2.75) is 44.8 Å². The Morgan fingerprint density at radius 1 is 1.30 bits per heavy atom. The summed E-state index contributed by atoms with van der Waals surface area (Å²) in [5.41, 5.74) is 0.968. The third kappa shape index (κ3) is 3.58. The predicted molar refractivity (Wildman–Crippen MR) is 89.5 cm³/mol. The van der Waals surface area contributed by atoms with E-state index in [1.807, 2.05) is 21.2 Å². The number of ether oxygens (including phenoxy) is 1. The van der Waals surface area contributed by atoms with E-state index in [1.165, 1.54) is 11.3 Å². The van der Waals surface area contributed by atoms with Crippen LogP contribution in [0.15, 0.2) is 11.4 Å². The van der Waals surface area contributed by atoms with Gasteiger partial charge >= 0.3 is 0 Å². The Bertz CT molecular complexity index is 564. The first-order chi connectivity index (χ1) is 11.2. The van der Waals surface area contributed by atoms with Crippen molar-refractivity contribution in [2.24, 2.45) is 0 Å². The van der Waals surface area contributed by atoms with Crippen LogP contribution >= 0.6 is 11.3 Å². The number of carbonyl (C=O) groups excluding carboxylic acids is 2. The van der Waals surface area contributed by atoms with Gasteiger partial charge in [0.15, 0.2) is 0 Å². The zero-order valence-electron chi connectivity index (χ0n) is 13.6. The van der Waals surface area contributed by atoms with Gasteiger partial charge in [0, 0.05) is 44.8 Å². The van der Waals surface area contributed by atoms with Gasteiger partial charge in [0.05, 0.1) is 11.5 Å². The van der Waals surface area contributed by atoms with E-state index in [0.717, 1.165) is 55.8 Å². The Kier molecular flexibility index (Phi) is 5.33. The molecule has 2 amide bonds. The van der Waals surface area contributed by atoms with Gasteiger partial charge in [-0.3, -0.25) is 9.59 Å². The molecule has 1 aromatic heterocycles. The summed E-state index contributed by atoms with van der Waals surface area (Å²) in [5.74, 6) is 0.400. The van der Waals surface area contributed by atoms with Crippen molar-refractivity contribution in [2.75, 3.05) is 26.7 Å². The highest BCUT2D eigenvalue weighted by molar-refractivity contribution is 7.12. The van der Waals surface area contributed by atoms with Crippen LogP contribution in [0.5, 0.6) is 0 Å². The Balaban J connectivity index is 1.59. The van der Waals surface area contributed by atoms with Crippen molar-refractivity contribution in [3.05, 3.63) is 21.9 Å². The minimum absolute atomic E-state index is 0.107. The van der Waals surface area contributed by atoms with E-state index >= 15 is 0 Å². The second-order valence-electron chi connectivity index (χ2n) is 6.28. The lowest BCUT2D eigenvalue weighted by Crippen LogP contribution is -2.50. The highest BCUT2D eigenvalue weighted by Crippen LogP contribution is 2.25. The van der Waals surface area contributed by atoms with Gasteiger partial charge in [0.25, 0.3) is 5.91 Å². The Morgan fingerprint density at radius 2 is 2.09 bits per heavy atom. The largest absolute Gasteiger partial charge is 0.380 e. The Hall–Kier alpha value is -1.40. The molecule has 23 heavy (non-hydrogen) atoms. The molecule has 0 unspecified atom stereocenters. The molecule has 0 aromatic carbocycles. The van der Waals surface area contributed by atoms with Crippen molar-refractivity contribution in [3.63, 3.8) is 0 Å². The fourth-order valence-corrected chi connectivity index (χ4v) is 4.41. The second kappa shape index (κ2) is 7.45. The fraction of sp³-hybridized carbons (Fsp3) is 0.647. The van der Waals surface area contributed by atoms with Crippen molar-refractivity contribution < 1.29 is 14.3 Å². The maximum atomic E-state index is 12.7. The summed E-state index contributed by atoms with van der Waals surface area (Å²) in [7, 11) is 1.65. The Morgan fingerprint density at radius 3 is 2.78 bits per heavy atom. The SMILES string of the molecule is COCc1ccsc1C(=O)N1CCC(N2CCCCC2=O)CC1. The summed E-state index contributed by atoms with van der Waals surface area (Å²) in [4.78, 5) is 29.5. The zero-order chi connectivity index (χ0) is 16.2. The summed E-state index contributed by atoms with van der Waals surface area (Å²) in [6.45, 7) is 2.83. The topological polar surface area (TPSA) is 49.9 Å². The first kappa shape index (κ1) is 16.5. The maximum Gasteiger partial charge on any atom is 0.264 e. The number of thiophene rings is 1. The van der Waals surface area contributed by atoms with Crippen LogP contribution in [-0.2, 0) is 16.1 Å². The maximum absolute atomic E-state index is 12.7. The molecule has 3 heterocycles. The van der Waals surface area contributed by atoms with Crippen LogP contribution < -0.4 is 0 Å². The molecular formula is C17H24N2O3S. The molecule has 6 heteroatoms. The number of likely N-dealkylation sites (tertiary alicyclic amines) is 2. The van der Waals surface area contributed by atoms with Crippen LogP contribution in [0.25, 0.3) is 0 Å². The number of methoxy groups -OCH3 is 1. The quantitative estimate of drug-likeness (QED) is 0.849. The minimum Gasteiger partial charge on any atom is -0.380 e. The molecule has 2 aliphatic rings. The summed E-state index contributed by atoms with van der Waals surface area (Å²) >= 11 is 1.48. The number of piperidine rings is 2. The van der Waals surface area contributed by atoms with Gasteiger partial charge < -0.3 is 14.5 Å². The van der Waals surface area contributed by atoms with E-state index in [9.17, 15) is 9.59 Å². The number of carbonyl (C=O) groups is 2. The van der Waals surface area contributed by atoms with Gasteiger partial charge in [-0.25, -0.2) is 0 Å². The van der Waals surface area contributed by atoms with Gasteiger partial charge in [-0.2, -0.15) is 0 Å². The van der Waals surface area contributed by atoms with Gasteiger partial charge in [-0.05, 0) is 37.1 Å². The van der Waals surface area contributed by atoms with Gasteiger partial charge in [-0.1, -0.05) is 0 Å². The normalized spacial score (nSPS) is 20.1. The molecule has 2 aliphatic heterocycles. The van der Waals surface area contributed by atoms with Crippen molar-refractivity contribution in [1.82, 2.24) is 9.80 Å². The molecule has 3 rings (SSSR count). The molecular weight excluding hydrogens is 312 g/mol. The average Bonchev–Trinajstić information content (AvgIpc) is 3.03. The van der Waals surface area contributed by atoms with Crippen molar-refractivity contribution in [1.29, 1.82) is 0 Å². The van der Waals surface area contributed by atoms with E-state index in [1.54, 1.807) is 7.11 Å². The third-order valence-corrected chi connectivity index (χ3v) is 5.74. The first-order valence-electron chi connectivity index (χ1n) is 8.34. The minimum atomic E-state index is 0.107. The van der Waals surface area contributed by atoms with Crippen LogP contribution in [0.4, 0.5) is 0 Å². The first-order valence-corrected chi connectivity index (χ1v) is 9.22. The molecule has 0 atom stereocenters. The van der Waals surface area contributed by atoms with Crippen LogP contribution in [0.3, 0.4) is 0 Å². The van der Waals surface area contributed by atoms with E-state index in [2.05, 4.69) is 0 Å². The molecule has 0 saturated carbocycles. The third-order valence-electron chi connectivity index (χ3n) is 4.79. The molecule has 126 valence electrons. The van der Waals surface area contributed by atoms with Gasteiger partial charge in [-0.15, -0.1) is 11.3 Å². The number of hydrogen-bond acceptors (Lipinski definition) is 4. The highest BCUT2D eigenvalue weighted by Gasteiger charge is 2.31. The van der Waals surface area contributed by atoms with Crippen LogP contribution in [-0.4, -0.2) is 54.4 Å². The lowest BCUT2D eigenvalue weighted by atomic mass is 9.99. The van der Waals surface area contributed by atoms with E-state index < -0.39 is 0 Å². The second-order valence-corrected chi connectivity index (χ2v) is 7.19. The summed E-state index contributed by atoms with van der Waals surface area (Å²) in [6, 6.07) is 2.27. The van der Waals surface area contributed by atoms with Crippen LogP contribution in [0, 0.1) is 0 Å². The Labute approximate surface area is 141 Å². The number of amides is 2. The number of rotatable bonds is 4. The van der Waals surface area contributed by atoms with Crippen molar-refractivity contribution >= 4 is 23.2 Å². The molecule has 5 nitrogen and oxygen atoms in total. The summed E-state index contributed by atoms with van der Waals surface area (Å²) in [6.07, 6.45) is 4.60. The molecule has 0 aliphatic carbocycles. The highest BCUT2D eigenvalue weighted by atomic mass is 32.1. The molecule has 1 aromatic rings. The monoisotopic (exact) mass is 336 g/mol. The molecule has 0 bridgehead atoms. The molecule has 0 spiro atoms. The fourth-order valence-electron chi connectivity index (χ4n) is 3.53. The zero-order valence-corrected chi connectivity index (χ0v) is 14.4. The van der Waals surface area contributed by atoms with E-state index in [-0.39, 0.29) is 5.91 Å². The number of nitrogens with zero attached hydrogens (tertiary/aromatic N) is 2. The summed E-state index contributed by atoms with van der Waals surface area (Å²) < 4.78 is 5.16. The molecule has 0 N–H and O–H groups in total. The smallest absolute Gasteiger partial charge is 0.264 e. The van der Waals surface area contributed by atoms with Gasteiger partial charge in [0.2, 0.25) is 5.91 Å². The van der Waals surface area contributed by atoms with E-state index in [0.29, 0.717) is 25.0 Å². The summed E-state index contributed by atoms with van der Waals surface area (Å²) in [5, 5.41) is 1.95. The molecule has 2 fully saturated rings. The van der Waals surface area contributed by atoms with E-state index in [4.69, 9.17) is 4.74 Å².